The lowest BCUT2D eigenvalue weighted by molar-refractivity contribution is -0.177. The molecule has 1 aromatic heterocycles. The van der Waals surface area contributed by atoms with Gasteiger partial charge < -0.3 is 5.32 Å². The summed E-state index contributed by atoms with van der Waals surface area (Å²) < 4.78 is 0. The minimum Gasteiger partial charge on any atom is -0.354 e. The molecule has 0 atom stereocenters. The maximum absolute atomic E-state index is 12.0. The van der Waals surface area contributed by atoms with Crippen LogP contribution in [-0.4, -0.2) is 21.2 Å². The van der Waals surface area contributed by atoms with Crippen LogP contribution in [0.15, 0.2) is 42.6 Å². The molecular formula is C20H27N3O2. The number of rotatable bonds is 5. The molecule has 5 nitrogen and oxygen atoms in total. The standard InChI is InChI=1S/C20H27N3O2/c1-14(2)18-11-10-17(12-21-18)22-16-8-6-15(7-9-16)13-23(25)19(24)20(3,4)5/h6-12,14,22,25H,13H2,1-5H3. The molecule has 0 saturated heterocycles. The quantitative estimate of drug-likeness (QED) is 0.610. The highest BCUT2D eigenvalue weighted by atomic mass is 16.5. The predicted octanol–water partition coefficient (Wildman–Crippen LogP) is 4.71. The summed E-state index contributed by atoms with van der Waals surface area (Å²) in [5.41, 5.74) is 3.16. The van der Waals surface area contributed by atoms with Crippen molar-refractivity contribution in [2.45, 2.75) is 47.1 Å². The van der Waals surface area contributed by atoms with Crippen molar-refractivity contribution in [3.63, 3.8) is 0 Å². The van der Waals surface area contributed by atoms with E-state index in [1.54, 1.807) is 20.8 Å². The highest BCUT2D eigenvalue weighted by Crippen LogP contribution is 2.21. The van der Waals surface area contributed by atoms with Gasteiger partial charge in [-0.15, -0.1) is 0 Å². The van der Waals surface area contributed by atoms with E-state index in [0.29, 0.717) is 5.92 Å². The molecule has 0 aliphatic carbocycles. The van der Waals surface area contributed by atoms with Gasteiger partial charge in [-0.25, -0.2) is 5.06 Å². The monoisotopic (exact) mass is 341 g/mol. The van der Waals surface area contributed by atoms with Crippen molar-refractivity contribution in [1.82, 2.24) is 10.0 Å². The molecule has 2 aromatic rings. The zero-order valence-electron chi connectivity index (χ0n) is 15.6. The van der Waals surface area contributed by atoms with Crippen LogP contribution in [0.1, 0.15) is 51.8 Å². The van der Waals surface area contributed by atoms with Crippen molar-refractivity contribution < 1.29 is 10.0 Å². The van der Waals surface area contributed by atoms with Gasteiger partial charge in [-0.1, -0.05) is 46.8 Å². The molecular weight excluding hydrogens is 314 g/mol. The Balaban J connectivity index is 1.99. The zero-order chi connectivity index (χ0) is 18.6. The van der Waals surface area contributed by atoms with Crippen LogP contribution < -0.4 is 5.32 Å². The summed E-state index contributed by atoms with van der Waals surface area (Å²) in [5, 5.41) is 14.0. The van der Waals surface area contributed by atoms with Crippen molar-refractivity contribution in [3.8, 4) is 0 Å². The minimum atomic E-state index is -0.606. The van der Waals surface area contributed by atoms with Crippen LogP contribution in [0.4, 0.5) is 11.4 Å². The van der Waals surface area contributed by atoms with Gasteiger partial charge in [-0.05, 0) is 35.7 Å². The number of benzene rings is 1. The third kappa shape index (κ3) is 5.29. The molecule has 25 heavy (non-hydrogen) atoms. The fourth-order valence-corrected chi connectivity index (χ4v) is 2.31. The average molecular weight is 341 g/mol. The van der Waals surface area contributed by atoms with Crippen LogP contribution in [0.2, 0.25) is 0 Å². The van der Waals surface area contributed by atoms with Crippen molar-refractivity contribution in [1.29, 1.82) is 0 Å². The van der Waals surface area contributed by atoms with Gasteiger partial charge in [-0.2, -0.15) is 0 Å². The van der Waals surface area contributed by atoms with Gasteiger partial charge in [0.2, 0.25) is 0 Å². The Morgan fingerprint density at radius 2 is 1.72 bits per heavy atom. The number of anilines is 2. The molecule has 0 radical (unpaired) electrons. The maximum atomic E-state index is 12.0. The third-order valence-corrected chi connectivity index (χ3v) is 3.83. The normalized spacial score (nSPS) is 11.5. The molecule has 134 valence electrons. The van der Waals surface area contributed by atoms with Crippen LogP contribution in [0.3, 0.4) is 0 Å². The Bertz CT molecular complexity index is 701. The van der Waals surface area contributed by atoms with E-state index in [1.165, 1.54) is 0 Å². The van der Waals surface area contributed by atoms with Crippen LogP contribution in [0.5, 0.6) is 0 Å². The molecule has 0 unspecified atom stereocenters. The molecule has 0 aliphatic rings. The zero-order valence-corrected chi connectivity index (χ0v) is 15.6. The first kappa shape index (κ1) is 18.9. The first-order valence-corrected chi connectivity index (χ1v) is 8.49. The topological polar surface area (TPSA) is 65.5 Å². The molecule has 5 heteroatoms. The fraction of sp³-hybridized carbons (Fsp3) is 0.400. The molecule has 0 fully saturated rings. The van der Waals surface area contributed by atoms with Crippen molar-refractivity contribution in [2.24, 2.45) is 5.41 Å². The van der Waals surface area contributed by atoms with Gasteiger partial charge in [0.05, 0.1) is 18.4 Å². The van der Waals surface area contributed by atoms with Crippen LogP contribution in [0, 0.1) is 5.41 Å². The van der Waals surface area contributed by atoms with Crippen molar-refractivity contribution in [3.05, 3.63) is 53.9 Å². The Kier molecular flexibility index (Phi) is 5.80. The second kappa shape index (κ2) is 7.66. The number of pyridine rings is 1. The number of nitrogens with zero attached hydrogens (tertiary/aromatic N) is 2. The van der Waals surface area contributed by atoms with Gasteiger partial charge >= 0.3 is 0 Å². The van der Waals surface area contributed by atoms with Gasteiger partial charge in [-0.3, -0.25) is 15.0 Å². The molecule has 1 aromatic carbocycles. The minimum absolute atomic E-state index is 0.168. The van der Waals surface area contributed by atoms with E-state index in [0.717, 1.165) is 27.7 Å². The molecule has 0 spiro atoms. The lowest BCUT2D eigenvalue weighted by Gasteiger charge is -2.24. The van der Waals surface area contributed by atoms with E-state index >= 15 is 0 Å². The average Bonchev–Trinajstić information content (AvgIpc) is 2.55. The van der Waals surface area contributed by atoms with E-state index in [9.17, 15) is 10.0 Å². The predicted molar refractivity (Wildman–Crippen MR) is 99.8 cm³/mol. The van der Waals surface area contributed by atoms with E-state index in [2.05, 4.69) is 24.1 Å². The Morgan fingerprint density at radius 1 is 1.12 bits per heavy atom. The number of hydrogen-bond acceptors (Lipinski definition) is 4. The van der Waals surface area contributed by atoms with Gasteiger partial charge in [0, 0.05) is 16.8 Å². The van der Waals surface area contributed by atoms with Crippen molar-refractivity contribution in [2.75, 3.05) is 5.32 Å². The summed E-state index contributed by atoms with van der Waals surface area (Å²) >= 11 is 0. The number of hydrogen-bond donors (Lipinski definition) is 2. The van der Waals surface area contributed by atoms with Crippen LogP contribution >= 0.6 is 0 Å². The summed E-state index contributed by atoms with van der Waals surface area (Å²) in [6.07, 6.45) is 1.82. The van der Waals surface area contributed by atoms with Gasteiger partial charge in [0.15, 0.2) is 0 Å². The van der Waals surface area contributed by atoms with Gasteiger partial charge in [0.1, 0.15) is 0 Å². The highest BCUT2D eigenvalue weighted by Gasteiger charge is 2.26. The number of hydroxylamine groups is 2. The summed E-state index contributed by atoms with van der Waals surface area (Å²) in [5.74, 6) is 0.108. The summed E-state index contributed by atoms with van der Waals surface area (Å²) in [7, 11) is 0. The number of aromatic nitrogens is 1. The Morgan fingerprint density at radius 3 is 2.20 bits per heavy atom. The Hall–Kier alpha value is -2.40. The maximum Gasteiger partial charge on any atom is 0.251 e. The van der Waals surface area contributed by atoms with Crippen molar-refractivity contribution >= 4 is 17.3 Å². The second-order valence-corrected chi connectivity index (χ2v) is 7.56. The third-order valence-electron chi connectivity index (χ3n) is 3.83. The summed E-state index contributed by atoms with van der Waals surface area (Å²) in [6.45, 7) is 9.74. The molecule has 2 N–H and O–H groups in total. The lowest BCUT2D eigenvalue weighted by Crippen LogP contribution is -2.36. The molecule has 0 saturated carbocycles. The van der Waals surface area contributed by atoms with Gasteiger partial charge in [0.25, 0.3) is 5.91 Å². The lowest BCUT2D eigenvalue weighted by atomic mass is 9.95. The smallest absolute Gasteiger partial charge is 0.251 e. The SMILES string of the molecule is CC(C)c1ccc(Nc2ccc(CN(O)C(=O)C(C)(C)C)cc2)cn1. The number of carbonyl (C=O) groups excluding carboxylic acids is 1. The molecule has 2 rings (SSSR count). The largest absolute Gasteiger partial charge is 0.354 e. The van der Waals surface area contributed by atoms with Crippen LogP contribution in [-0.2, 0) is 11.3 Å². The van der Waals surface area contributed by atoms with E-state index in [4.69, 9.17) is 0 Å². The first-order chi connectivity index (χ1) is 11.7. The molecule has 0 aliphatic heterocycles. The number of nitrogens with one attached hydrogen (secondary N) is 1. The highest BCUT2D eigenvalue weighted by molar-refractivity contribution is 5.80. The number of carbonyl (C=O) groups is 1. The molecule has 0 bridgehead atoms. The first-order valence-electron chi connectivity index (χ1n) is 8.49. The molecule has 1 amide bonds. The van der Waals surface area contributed by atoms with Crippen LogP contribution in [0.25, 0.3) is 0 Å². The van der Waals surface area contributed by atoms with E-state index in [-0.39, 0.29) is 12.5 Å². The molecule has 1 heterocycles. The second-order valence-electron chi connectivity index (χ2n) is 7.56. The summed E-state index contributed by atoms with van der Waals surface area (Å²) in [6, 6.07) is 11.6. The summed E-state index contributed by atoms with van der Waals surface area (Å²) in [4.78, 5) is 16.4. The number of amides is 1. The fourth-order valence-electron chi connectivity index (χ4n) is 2.31. The van der Waals surface area contributed by atoms with E-state index < -0.39 is 5.41 Å². The van der Waals surface area contributed by atoms with E-state index in [1.807, 2.05) is 42.6 Å². The Labute approximate surface area is 149 Å².